The van der Waals surface area contributed by atoms with Gasteiger partial charge >= 0.3 is 0 Å². The van der Waals surface area contributed by atoms with Crippen molar-refractivity contribution in [3.8, 4) is 0 Å². The maximum absolute atomic E-state index is 13.2. The van der Waals surface area contributed by atoms with Crippen LogP contribution in [-0.4, -0.2) is 65.3 Å². The van der Waals surface area contributed by atoms with E-state index in [0.717, 1.165) is 12.0 Å². The lowest BCUT2D eigenvalue weighted by Gasteiger charge is -2.38. The molecule has 1 unspecified atom stereocenters. The lowest BCUT2D eigenvalue weighted by Crippen LogP contribution is -2.54. The fourth-order valence-corrected chi connectivity index (χ4v) is 4.46. The van der Waals surface area contributed by atoms with E-state index in [1.54, 1.807) is 28.0 Å². The molecule has 2 fully saturated rings. The molecule has 2 aliphatic heterocycles. The van der Waals surface area contributed by atoms with E-state index in [1.807, 2.05) is 35.2 Å². The quantitative estimate of drug-likeness (QED) is 0.546. The first kappa shape index (κ1) is 20.8. The van der Waals surface area contributed by atoms with E-state index < -0.39 is 6.04 Å². The number of hydrogen-bond donors (Lipinski definition) is 0. The molecule has 1 atom stereocenters. The Morgan fingerprint density at radius 1 is 0.935 bits per heavy atom. The number of carbonyl (C=O) groups is 2. The summed E-state index contributed by atoms with van der Waals surface area (Å²) in [5.41, 5.74) is 1.61. The van der Waals surface area contributed by atoms with E-state index in [4.69, 9.17) is 0 Å². The summed E-state index contributed by atoms with van der Waals surface area (Å²) in [4.78, 5) is 42.4. The number of rotatable bonds is 5. The number of para-hydroxylation sites is 2. The largest absolute Gasteiger partial charge is 0.362 e. The van der Waals surface area contributed by atoms with Crippen molar-refractivity contribution in [2.75, 3.05) is 37.6 Å². The van der Waals surface area contributed by atoms with Crippen molar-refractivity contribution >= 4 is 23.2 Å². The predicted molar refractivity (Wildman–Crippen MR) is 117 cm³/mol. The van der Waals surface area contributed by atoms with Crippen LogP contribution < -0.4 is 4.90 Å². The van der Waals surface area contributed by atoms with E-state index in [9.17, 15) is 19.7 Å². The Morgan fingerprint density at radius 3 is 2.32 bits per heavy atom. The Kier molecular flexibility index (Phi) is 6.16. The maximum atomic E-state index is 13.2. The number of piperazine rings is 1. The second-order valence-corrected chi connectivity index (χ2v) is 7.97. The van der Waals surface area contributed by atoms with Crippen LogP contribution in [0.15, 0.2) is 54.6 Å². The Morgan fingerprint density at radius 2 is 1.61 bits per heavy atom. The van der Waals surface area contributed by atoms with Crippen LogP contribution in [0, 0.1) is 10.1 Å². The average Bonchev–Trinajstić information content (AvgIpc) is 3.29. The van der Waals surface area contributed by atoms with Crippen LogP contribution in [-0.2, 0) is 16.0 Å². The van der Waals surface area contributed by atoms with Gasteiger partial charge in [-0.25, -0.2) is 0 Å². The molecule has 2 heterocycles. The van der Waals surface area contributed by atoms with Gasteiger partial charge in [0.2, 0.25) is 11.8 Å². The number of benzene rings is 2. The third-order valence-electron chi connectivity index (χ3n) is 6.07. The van der Waals surface area contributed by atoms with Crippen molar-refractivity contribution < 1.29 is 14.5 Å². The molecule has 0 bridgehead atoms. The molecular weight excluding hydrogens is 396 g/mol. The van der Waals surface area contributed by atoms with E-state index in [2.05, 4.69) is 0 Å². The second kappa shape index (κ2) is 9.16. The molecule has 2 aliphatic rings. The number of nitrogens with zero attached hydrogens (tertiary/aromatic N) is 4. The maximum Gasteiger partial charge on any atom is 0.292 e. The summed E-state index contributed by atoms with van der Waals surface area (Å²) in [6, 6.07) is 15.9. The minimum atomic E-state index is -0.408. The zero-order chi connectivity index (χ0) is 21.8. The standard InChI is InChI=1S/C23H26N4O4/c28-22(17-18-7-2-1-3-8-18)26-12-6-11-21(26)23(29)25-15-13-24(14-16-25)19-9-4-5-10-20(19)27(30)31/h1-5,7-10,21H,6,11-17H2. The highest BCUT2D eigenvalue weighted by atomic mass is 16.6. The van der Waals surface area contributed by atoms with E-state index >= 15 is 0 Å². The summed E-state index contributed by atoms with van der Waals surface area (Å²) >= 11 is 0. The first-order chi connectivity index (χ1) is 15.0. The van der Waals surface area contributed by atoms with Gasteiger partial charge in [-0.2, -0.15) is 0 Å². The molecule has 0 aliphatic carbocycles. The average molecular weight is 422 g/mol. The van der Waals surface area contributed by atoms with Crippen molar-refractivity contribution in [1.29, 1.82) is 0 Å². The summed E-state index contributed by atoms with van der Waals surface area (Å²) in [6.07, 6.45) is 1.81. The molecule has 2 aromatic rings. The number of carbonyl (C=O) groups excluding carboxylic acids is 2. The predicted octanol–water partition coefficient (Wildman–Crippen LogP) is 2.48. The van der Waals surface area contributed by atoms with Crippen LogP contribution in [0.1, 0.15) is 18.4 Å². The number of likely N-dealkylation sites (tertiary alicyclic amines) is 1. The third-order valence-corrected chi connectivity index (χ3v) is 6.07. The molecule has 31 heavy (non-hydrogen) atoms. The topological polar surface area (TPSA) is 87.0 Å². The van der Waals surface area contributed by atoms with Gasteiger partial charge in [0.05, 0.1) is 11.3 Å². The van der Waals surface area contributed by atoms with Crippen molar-refractivity contribution in [3.63, 3.8) is 0 Å². The molecule has 4 rings (SSSR count). The summed E-state index contributed by atoms with van der Waals surface area (Å²) in [6.45, 7) is 2.64. The summed E-state index contributed by atoms with van der Waals surface area (Å²) in [5, 5.41) is 11.3. The van der Waals surface area contributed by atoms with Gasteiger partial charge in [-0.3, -0.25) is 19.7 Å². The van der Waals surface area contributed by atoms with Gasteiger partial charge in [0, 0.05) is 38.8 Å². The molecule has 8 nitrogen and oxygen atoms in total. The van der Waals surface area contributed by atoms with Gasteiger partial charge in [-0.1, -0.05) is 42.5 Å². The Hall–Kier alpha value is -3.42. The fraction of sp³-hybridized carbons (Fsp3) is 0.391. The molecule has 0 N–H and O–H groups in total. The van der Waals surface area contributed by atoms with Crippen LogP contribution in [0.5, 0.6) is 0 Å². The Labute approximate surface area is 181 Å². The second-order valence-electron chi connectivity index (χ2n) is 7.97. The third kappa shape index (κ3) is 4.52. The molecule has 0 spiro atoms. The first-order valence-corrected chi connectivity index (χ1v) is 10.6. The minimum absolute atomic E-state index is 0.0128. The zero-order valence-electron chi connectivity index (χ0n) is 17.4. The highest BCUT2D eigenvalue weighted by molar-refractivity contribution is 5.89. The Bertz CT molecular complexity index is 957. The van der Waals surface area contributed by atoms with Crippen molar-refractivity contribution in [3.05, 3.63) is 70.3 Å². The molecule has 0 radical (unpaired) electrons. The van der Waals surface area contributed by atoms with Gasteiger partial charge in [0.25, 0.3) is 5.69 Å². The van der Waals surface area contributed by atoms with Crippen molar-refractivity contribution in [2.24, 2.45) is 0 Å². The normalized spacial score (nSPS) is 18.8. The van der Waals surface area contributed by atoms with Crippen LogP contribution in [0.3, 0.4) is 0 Å². The van der Waals surface area contributed by atoms with E-state index in [-0.39, 0.29) is 22.4 Å². The highest BCUT2D eigenvalue weighted by Crippen LogP contribution is 2.29. The van der Waals surface area contributed by atoms with Crippen molar-refractivity contribution in [1.82, 2.24) is 9.80 Å². The number of hydrogen-bond acceptors (Lipinski definition) is 5. The fourth-order valence-electron chi connectivity index (χ4n) is 4.46. The van der Waals surface area contributed by atoms with Crippen LogP contribution >= 0.6 is 0 Å². The minimum Gasteiger partial charge on any atom is -0.362 e. The summed E-state index contributed by atoms with van der Waals surface area (Å²) in [7, 11) is 0. The molecule has 2 amide bonds. The van der Waals surface area contributed by atoms with Gasteiger partial charge in [-0.05, 0) is 24.5 Å². The highest BCUT2D eigenvalue weighted by Gasteiger charge is 2.37. The smallest absolute Gasteiger partial charge is 0.292 e. The molecule has 0 aromatic heterocycles. The molecule has 162 valence electrons. The molecule has 0 saturated carbocycles. The number of amides is 2. The van der Waals surface area contributed by atoms with Crippen LogP contribution in [0.25, 0.3) is 0 Å². The van der Waals surface area contributed by atoms with Gasteiger partial charge in [0.15, 0.2) is 0 Å². The van der Waals surface area contributed by atoms with Gasteiger partial charge in [0.1, 0.15) is 11.7 Å². The van der Waals surface area contributed by atoms with Crippen molar-refractivity contribution in [2.45, 2.75) is 25.3 Å². The van der Waals surface area contributed by atoms with E-state index in [0.29, 0.717) is 51.3 Å². The lowest BCUT2D eigenvalue weighted by atomic mass is 10.1. The molecular formula is C23H26N4O4. The monoisotopic (exact) mass is 422 g/mol. The van der Waals surface area contributed by atoms with Gasteiger partial charge < -0.3 is 14.7 Å². The van der Waals surface area contributed by atoms with Crippen LogP contribution in [0.2, 0.25) is 0 Å². The first-order valence-electron chi connectivity index (χ1n) is 10.6. The SMILES string of the molecule is O=C(C1CCCN1C(=O)Cc1ccccc1)N1CCN(c2ccccc2[N+](=O)[O-])CC1. The van der Waals surface area contributed by atoms with E-state index in [1.165, 1.54) is 6.07 Å². The molecule has 8 heteroatoms. The lowest BCUT2D eigenvalue weighted by molar-refractivity contribution is -0.384. The molecule has 2 saturated heterocycles. The van der Waals surface area contributed by atoms with Gasteiger partial charge in [-0.15, -0.1) is 0 Å². The molecule has 2 aromatic carbocycles. The summed E-state index contributed by atoms with van der Waals surface area (Å²) in [5.74, 6) is -0.0262. The van der Waals surface area contributed by atoms with Crippen LogP contribution in [0.4, 0.5) is 11.4 Å². The number of nitro groups is 1. The summed E-state index contributed by atoms with van der Waals surface area (Å²) < 4.78 is 0. The number of anilines is 1. The number of nitro benzene ring substituents is 1. The zero-order valence-corrected chi connectivity index (χ0v) is 17.4. The Balaban J connectivity index is 1.38.